The monoisotopic (exact) mass is 321 g/mol. The molecule has 1 heterocycles. The van der Waals surface area contributed by atoms with E-state index in [1.807, 2.05) is 0 Å². The number of nitrogen functional groups attached to an aromatic ring is 1. The van der Waals surface area contributed by atoms with Crippen LogP contribution in [-0.2, 0) is 11.3 Å². The van der Waals surface area contributed by atoms with Gasteiger partial charge in [-0.1, -0.05) is 12.1 Å². The minimum atomic E-state index is -1.76. The summed E-state index contributed by atoms with van der Waals surface area (Å²) in [5.74, 6) is -0.542. The van der Waals surface area contributed by atoms with Crippen molar-refractivity contribution >= 4 is 11.7 Å². The molecule has 1 aromatic heterocycles. The summed E-state index contributed by atoms with van der Waals surface area (Å²) in [5.41, 5.74) is 7.80. The first-order valence-corrected chi connectivity index (χ1v) is 7.13. The van der Waals surface area contributed by atoms with Gasteiger partial charge in [0.2, 0.25) is 0 Å². The highest BCUT2D eigenvalue weighted by atomic mass is 19.3. The summed E-state index contributed by atoms with van der Waals surface area (Å²) in [6, 6.07) is 8.61. The number of aromatic nitrogens is 2. The van der Waals surface area contributed by atoms with Crippen molar-refractivity contribution in [1.82, 2.24) is 9.78 Å². The van der Waals surface area contributed by atoms with Crippen LogP contribution < -0.4 is 5.73 Å². The number of rotatable bonds is 6. The molecule has 1 aromatic carbocycles. The summed E-state index contributed by atoms with van der Waals surface area (Å²) in [6.45, 7) is 2.06. The number of halogens is 2. The average Bonchev–Trinajstić information content (AvgIpc) is 2.91. The number of hydrogen-bond donors (Lipinski definition) is 1. The van der Waals surface area contributed by atoms with Crippen LogP contribution in [0.25, 0.3) is 11.3 Å². The van der Waals surface area contributed by atoms with E-state index < -0.39 is 12.0 Å². The molecule has 0 aliphatic rings. The maximum absolute atomic E-state index is 12.2. The number of ether oxygens (including phenoxy) is 1. The number of nitrogens with zero attached hydrogens (tertiary/aromatic N) is 2. The van der Waals surface area contributed by atoms with Gasteiger partial charge < -0.3 is 10.5 Å². The molecule has 0 saturated heterocycles. The molecule has 0 aliphatic heterocycles. The van der Waals surface area contributed by atoms with Gasteiger partial charge in [0.05, 0.1) is 12.3 Å². The molecular formula is C16H17F2N3O2. The fourth-order valence-corrected chi connectivity index (χ4v) is 2.09. The highest BCUT2D eigenvalue weighted by Crippen LogP contribution is 2.22. The van der Waals surface area contributed by atoms with Crippen LogP contribution >= 0.6 is 0 Å². The minimum Gasteiger partial charge on any atom is -0.461 e. The molecule has 0 saturated carbocycles. The SMILES string of the molecule is CCOC(=O)c1cc(-c2cccc(N)c2)nn1CCC=C(F)F. The molecule has 0 aliphatic carbocycles. The van der Waals surface area contributed by atoms with Crippen molar-refractivity contribution in [2.75, 3.05) is 12.3 Å². The van der Waals surface area contributed by atoms with E-state index in [1.54, 1.807) is 37.3 Å². The predicted octanol–water partition coefficient (Wildman–Crippen LogP) is 3.48. The van der Waals surface area contributed by atoms with Crippen LogP contribution in [-0.4, -0.2) is 22.4 Å². The minimum absolute atomic E-state index is 0.0623. The Morgan fingerprint density at radius 3 is 2.83 bits per heavy atom. The molecule has 0 bridgehead atoms. The number of nitrogens with two attached hydrogens (primary N) is 1. The van der Waals surface area contributed by atoms with Gasteiger partial charge in [0.25, 0.3) is 6.08 Å². The molecule has 2 rings (SSSR count). The molecule has 23 heavy (non-hydrogen) atoms. The summed E-state index contributed by atoms with van der Waals surface area (Å²) in [7, 11) is 0. The summed E-state index contributed by atoms with van der Waals surface area (Å²) < 4.78 is 30.7. The van der Waals surface area contributed by atoms with Crippen molar-refractivity contribution in [1.29, 1.82) is 0 Å². The van der Waals surface area contributed by atoms with Gasteiger partial charge in [-0.15, -0.1) is 0 Å². The van der Waals surface area contributed by atoms with Crippen LogP contribution in [0.4, 0.5) is 14.5 Å². The standard InChI is InChI=1S/C16H17F2N3O2/c1-2-23-16(22)14-10-13(11-5-3-6-12(19)9-11)20-21(14)8-4-7-15(17)18/h3,5-7,9-10H,2,4,8,19H2,1H3. The summed E-state index contributed by atoms with van der Waals surface area (Å²) in [6.07, 6.45) is -0.908. The first-order valence-electron chi connectivity index (χ1n) is 7.13. The van der Waals surface area contributed by atoms with E-state index in [0.717, 1.165) is 11.6 Å². The third kappa shape index (κ3) is 4.38. The van der Waals surface area contributed by atoms with E-state index in [9.17, 15) is 13.6 Å². The molecule has 0 spiro atoms. The Balaban J connectivity index is 2.34. The maximum Gasteiger partial charge on any atom is 0.356 e. The number of allylic oxidation sites excluding steroid dienone is 1. The van der Waals surface area contributed by atoms with Gasteiger partial charge in [0, 0.05) is 17.8 Å². The first-order chi connectivity index (χ1) is 11.0. The van der Waals surface area contributed by atoms with Gasteiger partial charge in [0.1, 0.15) is 5.69 Å². The van der Waals surface area contributed by atoms with Gasteiger partial charge >= 0.3 is 5.97 Å². The molecule has 0 atom stereocenters. The zero-order valence-corrected chi connectivity index (χ0v) is 12.6. The van der Waals surface area contributed by atoms with E-state index >= 15 is 0 Å². The van der Waals surface area contributed by atoms with Gasteiger partial charge in [-0.3, -0.25) is 4.68 Å². The van der Waals surface area contributed by atoms with Crippen molar-refractivity contribution < 1.29 is 18.3 Å². The van der Waals surface area contributed by atoms with E-state index in [0.29, 0.717) is 11.4 Å². The number of esters is 1. The zero-order chi connectivity index (χ0) is 16.8. The Bertz CT molecular complexity index is 722. The number of benzene rings is 1. The highest BCUT2D eigenvalue weighted by molar-refractivity contribution is 5.89. The van der Waals surface area contributed by atoms with Crippen LogP contribution in [0.3, 0.4) is 0 Å². The first kappa shape index (κ1) is 16.7. The third-order valence-corrected chi connectivity index (χ3v) is 3.09. The molecule has 2 aromatic rings. The smallest absolute Gasteiger partial charge is 0.356 e. The van der Waals surface area contributed by atoms with Crippen LogP contribution in [0.1, 0.15) is 23.8 Å². The van der Waals surface area contributed by atoms with E-state index in [2.05, 4.69) is 5.10 Å². The second-order valence-electron chi connectivity index (χ2n) is 4.77. The molecule has 0 fully saturated rings. The lowest BCUT2D eigenvalue weighted by Crippen LogP contribution is -2.13. The van der Waals surface area contributed by atoms with Crippen LogP contribution in [0, 0.1) is 0 Å². The Kier molecular flexibility index (Phi) is 5.46. The Morgan fingerprint density at radius 2 is 2.17 bits per heavy atom. The lowest BCUT2D eigenvalue weighted by Gasteiger charge is -2.04. The van der Waals surface area contributed by atoms with Crippen LogP contribution in [0.2, 0.25) is 0 Å². The van der Waals surface area contributed by atoms with Crippen molar-refractivity contribution in [3.05, 3.63) is 48.2 Å². The molecule has 0 unspecified atom stereocenters. The summed E-state index contributed by atoms with van der Waals surface area (Å²) in [5, 5.41) is 4.31. The fourth-order valence-electron chi connectivity index (χ4n) is 2.09. The lowest BCUT2D eigenvalue weighted by atomic mass is 10.1. The third-order valence-electron chi connectivity index (χ3n) is 3.09. The van der Waals surface area contributed by atoms with Crippen LogP contribution in [0.5, 0.6) is 0 Å². The van der Waals surface area contributed by atoms with Crippen molar-refractivity contribution in [2.45, 2.75) is 19.9 Å². The van der Waals surface area contributed by atoms with Gasteiger partial charge in [0.15, 0.2) is 0 Å². The number of anilines is 1. The van der Waals surface area contributed by atoms with Crippen LogP contribution in [0.15, 0.2) is 42.5 Å². The number of hydrogen-bond acceptors (Lipinski definition) is 4. The van der Waals surface area contributed by atoms with Gasteiger partial charge in [-0.25, -0.2) is 4.79 Å². The maximum atomic E-state index is 12.2. The second-order valence-corrected chi connectivity index (χ2v) is 4.77. The fraction of sp³-hybridized carbons (Fsp3) is 0.250. The highest BCUT2D eigenvalue weighted by Gasteiger charge is 2.17. The van der Waals surface area contributed by atoms with Crippen molar-refractivity contribution in [2.24, 2.45) is 0 Å². The normalized spacial score (nSPS) is 10.4. The largest absolute Gasteiger partial charge is 0.461 e. The van der Waals surface area contributed by atoms with E-state index in [4.69, 9.17) is 10.5 Å². The Labute approximate surface area is 132 Å². The van der Waals surface area contributed by atoms with E-state index in [1.165, 1.54) is 4.68 Å². The van der Waals surface area contributed by atoms with Gasteiger partial charge in [-0.05, 0) is 37.6 Å². The molecule has 0 amide bonds. The molecule has 2 N–H and O–H groups in total. The van der Waals surface area contributed by atoms with Crippen molar-refractivity contribution in [3.8, 4) is 11.3 Å². The Morgan fingerprint density at radius 1 is 1.39 bits per heavy atom. The van der Waals surface area contributed by atoms with E-state index in [-0.39, 0.29) is 25.3 Å². The molecule has 5 nitrogen and oxygen atoms in total. The number of carbonyl (C=O) groups is 1. The predicted molar refractivity (Wildman–Crippen MR) is 82.9 cm³/mol. The molecular weight excluding hydrogens is 304 g/mol. The molecule has 0 radical (unpaired) electrons. The lowest BCUT2D eigenvalue weighted by molar-refractivity contribution is 0.0512. The molecule has 7 heteroatoms. The number of carbonyl (C=O) groups excluding carboxylic acids is 1. The average molecular weight is 321 g/mol. The summed E-state index contributed by atoms with van der Waals surface area (Å²) in [4.78, 5) is 12.0. The zero-order valence-electron chi connectivity index (χ0n) is 12.6. The summed E-state index contributed by atoms with van der Waals surface area (Å²) >= 11 is 0. The second kappa shape index (κ2) is 7.53. The molecule has 122 valence electrons. The van der Waals surface area contributed by atoms with Gasteiger partial charge in [-0.2, -0.15) is 13.9 Å². The quantitative estimate of drug-likeness (QED) is 0.653. The number of aryl methyl sites for hydroxylation is 1. The van der Waals surface area contributed by atoms with Crippen molar-refractivity contribution in [3.63, 3.8) is 0 Å². The Hall–Kier alpha value is -2.70. The topological polar surface area (TPSA) is 70.1 Å².